The van der Waals surface area contributed by atoms with Gasteiger partial charge in [-0.05, 0) is 48.7 Å². The van der Waals surface area contributed by atoms with Gasteiger partial charge in [-0.25, -0.2) is 4.98 Å². The van der Waals surface area contributed by atoms with Crippen LogP contribution in [0.15, 0.2) is 36.4 Å². The number of nitrogens with two attached hydrogens (primary N) is 1. The van der Waals surface area contributed by atoms with Crippen LogP contribution in [0.2, 0.25) is 0 Å². The zero-order valence-electron chi connectivity index (χ0n) is 10.6. The SMILES string of the molecule is Cc1cccc(N2CCc3ccc(N)cc3C2)n1. The first-order chi connectivity index (χ1) is 8.72. The van der Waals surface area contributed by atoms with E-state index < -0.39 is 0 Å². The van der Waals surface area contributed by atoms with Crippen molar-refractivity contribution < 1.29 is 0 Å². The van der Waals surface area contributed by atoms with Crippen molar-refractivity contribution in [1.82, 2.24) is 4.98 Å². The van der Waals surface area contributed by atoms with Crippen molar-refractivity contribution in [2.24, 2.45) is 0 Å². The molecule has 0 atom stereocenters. The van der Waals surface area contributed by atoms with Crippen LogP contribution in [-0.2, 0) is 13.0 Å². The zero-order chi connectivity index (χ0) is 12.5. The summed E-state index contributed by atoms with van der Waals surface area (Å²) in [5, 5.41) is 0. The van der Waals surface area contributed by atoms with Gasteiger partial charge >= 0.3 is 0 Å². The lowest BCUT2D eigenvalue weighted by Gasteiger charge is -2.30. The Morgan fingerprint density at radius 3 is 2.89 bits per heavy atom. The van der Waals surface area contributed by atoms with Gasteiger partial charge in [0.1, 0.15) is 5.82 Å². The number of benzene rings is 1. The Bertz CT molecular complexity index is 578. The van der Waals surface area contributed by atoms with E-state index in [1.54, 1.807) is 0 Å². The van der Waals surface area contributed by atoms with Crippen molar-refractivity contribution in [3.63, 3.8) is 0 Å². The van der Waals surface area contributed by atoms with Gasteiger partial charge in [0.25, 0.3) is 0 Å². The van der Waals surface area contributed by atoms with E-state index in [4.69, 9.17) is 5.73 Å². The summed E-state index contributed by atoms with van der Waals surface area (Å²) in [6.45, 7) is 3.95. The number of hydrogen-bond donors (Lipinski definition) is 1. The lowest BCUT2D eigenvalue weighted by molar-refractivity contribution is 0.720. The highest BCUT2D eigenvalue weighted by Crippen LogP contribution is 2.24. The number of hydrogen-bond acceptors (Lipinski definition) is 3. The topological polar surface area (TPSA) is 42.1 Å². The average molecular weight is 239 g/mol. The Kier molecular flexibility index (Phi) is 2.67. The lowest BCUT2D eigenvalue weighted by atomic mass is 9.99. The summed E-state index contributed by atoms with van der Waals surface area (Å²) in [4.78, 5) is 6.90. The molecular formula is C15H17N3. The third kappa shape index (κ3) is 2.04. The smallest absolute Gasteiger partial charge is 0.129 e. The van der Waals surface area contributed by atoms with Gasteiger partial charge < -0.3 is 10.6 Å². The Morgan fingerprint density at radius 2 is 2.06 bits per heavy atom. The molecule has 2 heterocycles. The molecule has 1 aliphatic heterocycles. The molecule has 0 bridgehead atoms. The van der Waals surface area contributed by atoms with Crippen molar-refractivity contribution in [3.05, 3.63) is 53.2 Å². The van der Waals surface area contributed by atoms with Gasteiger partial charge in [0.2, 0.25) is 0 Å². The summed E-state index contributed by atoms with van der Waals surface area (Å²) < 4.78 is 0. The first kappa shape index (κ1) is 11.1. The number of fused-ring (bicyclic) bond motifs is 1. The fourth-order valence-electron chi connectivity index (χ4n) is 2.48. The number of nitrogens with zero attached hydrogens (tertiary/aromatic N) is 2. The summed E-state index contributed by atoms with van der Waals surface area (Å²) in [5.74, 6) is 1.06. The van der Waals surface area contributed by atoms with E-state index in [0.29, 0.717) is 0 Å². The normalized spacial score (nSPS) is 14.4. The molecule has 2 N–H and O–H groups in total. The summed E-state index contributed by atoms with van der Waals surface area (Å²) in [6.07, 6.45) is 1.06. The summed E-state index contributed by atoms with van der Waals surface area (Å²) >= 11 is 0. The van der Waals surface area contributed by atoms with Crippen LogP contribution >= 0.6 is 0 Å². The van der Waals surface area contributed by atoms with E-state index in [-0.39, 0.29) is 0 Å². The fraction of sp³-hybridized carbons (Fsp3) is 0.267. The van der Waals surface area contributed by atoms with Crippen molar-refractivity contribution in [2.75, 3.05) is 17.2 Å². The van der Waals surface area contributed by atoms with E-state index in [9.17, 15) is 0 Å². The Hall–Kier alpha value is -2.03. The van der Waals surface area contributed by atoms with Crippen LogP contribution in [0.4, 0.5) is 11.5 Å². The first-order valence-electron chi connectivity index (χ1n) is 6.28. The monoisotopic (exact) mass is 239 g/mol. The van der Waals surface area contributed by atoms with Crippen LogP contribution in [0, 0.1) is 6.92 Å². The molecule has 0 saturated heterocycles. The molecule has 1 aromatic heterocycles. The first-order valence-corrected chi connectivity index (χ1v) is 6.28. The molecule has 0 fully saturated rings. The molecule has 0 unspecified atom stereocenters. The molecule has 92 valence electrons. The minimum Gasteiger partial charge on any atom is -0.399 e. The molecule has 0 aliphatic carbocycles. The molecular weight excluding hydrogens is 222 g/mol. The number of rotatable bonds is 1. The molecule has 0 amide bonds. The van der Waals surface area contributed by atoms with Crippen LogP contribution in [0.1, 0.15) is 16.8 Å². The minimum absolute atomic E-state index is 0.841. The second kappa shape index (κ2) is 4.33. The predicted octanol–water partition coefficient (Wildman–Crippen LogP) is 2.53. The van der Waals surface area contributed by atoms with Gasteiger partial charge in [-0.1, -0.05) is 12.1 Å². The largest absolute Gasteiger partial charge is 0.399 e. The third-order valence-corrected chi connectivity index (χ3v) is 3.44. The molecule has 0 saturated carbocycles. The van der Waals surface area contributed by atoms with Crippen molar-refractivity contribution >= 4 is 11.5 Å². The standard InChI is InChI=1S/C15H17N3/c1-11-3-2-4-15(17-11)18-8-7-12-5-6-14(16)9-13(12)10-18/h2-6,9H,7-8,10,16H2,1H3. The third-order valence-electron chi connectivity index (χ3n) is 3.44. The maximum Gasteiger partial charge on any atom is 0.129 e. The quantitative estimate of drug-likeness (QED) is 0.778. The van der Waals surface area contributed by atoms with E-state index in [1.165, 1.54) is 11.1 Å². The maximum absolute atomic E-state index is 5.86. The van der Waals surface area contributed by atoms with E-state index in [0.717, 1.165) is 36.7 Å². The number of aryl methyl sites for hydroxylation is 1. The Morgan fingerprint density at radius 1 is 1.17 bits per heavy atom. The molecule has 0 spiro atoms. The average Bonchev–Trinajstić information content (AvgIpc) is 2.38. The fourth-order valence-corrected chi connectivity index (χ4v) is 2.48. The number of pyridine rings is 1. The summed E-state index contributed by atoms with van der Waals surface area (Å²) in [6, 6.07) is 12.4. The molecule has 3 heteroatoms. The number of anilines is 2. The van der Waals surface area contributed by atoms with Crippen LogP contribution in [0.5, 0.6) is 0 Å². The maximum atomic E-state index is 5.86. The van der Waals surface area contributed by atoms with Gasteiger partial charge in [0, 0.05) is 24.5 Å². The molecule has 2 aromatic rings. The highest BCUT2D eigenvalue weighted by molar-refractivity contribution is 5.50. The summed E-state index contributed by atoms with van der Waals surface area (Å²) in [5.41, 5.74) is 10.5. The summed E-state index contributed by atoms with van der Waals surface area (Å²) in [7, 11) is 0. The molecule has 0 radical (unpaired) electrons. The van der Waals surface area contributed by atoms with Gasteiger partial charge in [-0.15, -0.1) is 0 Å². The second-order valence-corrected chi connectivity index (χ2v) is 4.84. The van der Waals surface area contributed by atoms with Crippen molar-refractivity contribution in [1.29, 1.82) is 0 Å². The molecule has 1 aromatic carbocycles. The van der Waals surface area contributed by atoms with E-state index >= 15 is 0 Å². The van der Waals surface area contributed by atoms with Gasteiger partial charge in [0.15, 0.2) is 0 Å². The van der Waals surface area contributed by atoms with Crippen LogP contribution < -0.4 is 10.6 Å². The molecule has 3 nitrogen and oxygen atoms in total. The number of aromatic nitrogens is 1. The second-order valence-electron chi connectivity index (χ2n) is 4.84. The highest BCUT2D eigenvalue weighted by atomic mass is 15.2. The minimum atomic E-state index is 0.841. The van der Waals surface area contributed by atoms with E-state index in [1.807, 2.05) is 19.1 Å². The van der Waals surface area contributed by atoms with Crippen molar-refractivity contribution in [3.8, 4) is 0 Å². The predicted molar refractivity (Wildman–Crippen MR) is 74.6 cm³/mol. The number of nitrogen functional groups attached to an aromatic ring is 1. The van der Waals surface area contributed by atoms with Crippen molar-refractivity contribution in [2.45, 2.75) is 19.9 Å². The zero-order valence-corrected chi connectivity index (χ0v) is 10.6. The molecule has 18 heavy (non-hydrogen) atoms. The van der Waals surface area contributed by atoms with Crippen LogP contribution in [-0.4, -0.2) is 11.5 Å². The van der Waals surface area contributed by atoms with Crippen LogP contribution in [0.3, 0.4) is 0 Å². The van der Waals surface area contributed by atoms with Gasteiger partial charge in [-0.3, -0.25) is 0 Å². The molecule has 1 aliphatic rings. The van der Waals surface area contributed by atoms with Gasteiger partial charge in [0.05, 0.1) is 0 Å². The lowest BCUT2D eigenvalue weighted by Crippen LogP contribution is -2.31. The Balaban J connectivity index is 1.90. The highest BCUT2D eigenvalue weighted by Gasteiger charge is 2.17. The van der Waals surface area contributed by atoms with E-state index in [2.05, 4.69) is 34.1 Å². The van der Waals surface area contributed by atoms with Gasteiger partial charge in [-0.2, -0.15) is 0 Å². The van der Waals surface area contributed by atoms with Crippen LogP contribution in [0.25, 0.3) is 0 Å². The molecule has 3 rings (SSSR count). The Labute approximate surface area is 107 Å².